The molecule has 1 fully saturated rings. The largest absolute Gasteiger partial charge is 0.484 e. The van der Waals surface area contributed by atoms with Gasteiger partial charge in [0.25, 0.3) is 0 Å². The van der Waals surface area contributed by atoms with Crippen molar-refractivity contribution in [2.45, 2.75) is 45.3 Å². The second-order valence-corrected chi connectivity index (χ2v) is 7.60. The maximum Gasteiger partial charge on any atom is 0.137 e. The molecule has 1 aromatic carbocycles. The number of fused-ring (bicyclic) bond motifs is 2. The third kappa shape index (κ3) is 1.97. The molecule has 22 heavy (non-hydrogen) atoms. The van der Waals surface area contributed by atoms with Gasteiger partial charge in [-0.2, -0.15) is 5.10 Å². The van der Waals surface area contributed by atoms with Gasteiger partial charge in [0.1, 0.15) is 24.0 Å². The second-order valence-electron chi connectivity index (χ2n) is 7.16. The van der Waals surface area contributed by atoms with E-state index in [1.54, 1.807) is 12.7 Å². The van der Waals surface area contributed by atoms with E-state index < -0.39 is 0 Å². The number of aromatic nitrogens is 3. The highest BCUT2D eigenvalue weighted by Crippen LogP contribution is 2.56. The lowest BCUT2D eigenvalue weighted by Crippen LogP contribution is -2.56. The van der Waals surface area contributed by atoms with E-state index in [0.717, 1.165) is 30.2 Å². The first-order valence-electron chi connectivity index (χ1n) is 7.80. The van der Waals surface area contributed by atoms with Gasteiger partial charge < -0.3 is 4.74 Å². The molecule has 1 aliphatic carbocycles. The molecule has 116 valence electrons. The first-order valence-corrected chi connectivity index (χ1v) is 8.18. The minimum absolute atomic E-state index is 0.0869. The number of rotatable bonds is 2. The highest BCUT2D eigenvalue weighted by molar-refractivity contribution is 6.30. The normalized spacial score (nSPS) is 28.8. The molecule has 4 rings (SSSR count). The molecule has 0 amide bonds. The van der Waals surface area contributed by atoms with Crippen molar-refractivity contribution in [3.63, 3.8) is 0 Å². The Hall–Kier alpha value is -1.55. The van der Waals surface area contributed by atoms with Crippen molar-refractivity contribution >= 4 is 11.6 Å². The SMILES string of the molecule is CC1(C)CCC2Cc3ccc(Cl)cc3OC21Cn1cncn1. The van der Waals surface area contributed by atoms with Crippen molar-refractivity contribution in [1.29, 1.82) is 0 Å². The summed E-state index contributed by atoms with van der Waals surface area (Å²) >= 11 is 6.17. The Labute approximate surface area is 135 Å². The van der Waals surface area contributed by atoms with Gasteiger partial charge in [-0.15, -0.1) is 0 Å². The predicted octanol–water partition coefficient (Wildman–Crippen LogP) is 3.74. The molecule has 5 heteroatoms. The number of ether oxygens (including phenoxy) is 1. The van der Waals surface area contributed by atoms with E-state index in [-0.39, 0.29) is 11.0 Å². The van der Waals surface area contributed by atoms with Gasteiger partial charge in [-0.3, -0.25) is 0 Å². The van der Waals surface area contributed by atoms with Gasteiger partial charge >= 0.3 is 0 Å². The minimum atomic E-state index is -0.252. The number of hydrogen-bond acceptors (Lipinski definition) is 3. The zero-order valence-electron chi connectivity index (χ0n) is 12.9. The van der Waals surface area contributed by atoms with E-state index >= 15 is 0 Å². The summed E-state index contributed by atoms with van der Waals surface area (Å²) in [5, 5.41) is 5.03. The smallest absolute Gasteiger partial charge is 0.137 e. The summed E-state index contributed by atoms with van der Waals surface area (Å²) in [5.41, 5.74) is 1.10. The van der Waals surface area contributed by atoms with Gasteiger partial charge in [0, 0.05) is 16.4 Å². The van der Waals surface area contributed by atoms with Crippen LogP contribution in [0.4, 0.5) is 0 Å². The van der Waals surface area contributed by atoms with Crippen molar-refractivity contribution < 1.29 is 4.74 Å². The van der Waals surface area contributed by atoms with E-state index in [9.17, 15) is 0 Å². The topological polar surface area (TPSA) is 39.9 Å². The summed E-state index contributed by atoms with van der Waals surface area (Å²) < 4.78 is 8.54. The van der Waals surface area contributed by atoms with Gasteiger partial charge in [0.15, 0.2) is 0 Å². The molecule has 2 unspecified atom stereocenters. The van der Waals surface area contributed by atoms with Crippen molar-refractivity contribution in [1.82, 2.24) is 14.8 Å². The van der Waals surface area contributed by atoms with E-state index in [0.29, 0.717) is 5.92 Å². The fraction of sp³-hybridized carbons (Fsp3) is 0.529. The maximum absolute atomic E-state index is 6.64. The summed E-state index contributed by atoms with van der Waals surface area (Å²) in [6.07, 6.45) is 6.75. The zero-order chi connectivity index (χ0) is 15.4. The van der Waals surface area contributed by atoms with E-state index in [1.165, 1.54) is 12.0 Å². The summed E-state index contributed by atoms with van der Waals surface area (Å²) in [4.78, 5) is 4.08. The monoisotopic (exact) mass is 317 g/mol. The maximum atomic E-state index is 6.64. The fourth-order valence-corrected chi connectivity index (χ4v) is 4.37. The summed E-state index contributed by atoms with van der Waals surface area (Å²) in [5.74, 6) is 1.43. The summed E-state index contributed by atoms with van der Waals surface area (Å²) in [6.45, 7) is 5.34. The predicted molar refractivity (Wildman–Crippen MR) is 85.0 cm³/mol. The molecule has 1 saturated carbocycles. The van der Waals surface area contributed by atoms with Gasteiger partial charge in [0.05, 0.1) is 6.54 Å². The Morgan fingerprint density at radius 1 is 1.41 bits per heavy atom. The average molecular weight is 318 g/mol. The Kier molecular flexibility index (Phi) is 3.02. The van der Waals surface area contributed by atoms with Crippen LogP contribution in [-0.2, 0) is 13.0 Å². The second kappa shape index (κ2) is 4.72. The molecule has 2 atom stereocenters. The van der Waals surface area contributed by atoms with Crippen LogP contribution in [0.2, 0.25) is 5.02 Å². The van der Waals surface area contributed by atoms with Crippen LogP contribution in [0.5, 0.6) is 5.75 Å². The van der Waals surface area contributed by atoms with Crippen molar-refractivity contribution in [3.05, 3.63) is 41.4 Å². The van der Waals surface area contributed by atoms with Gasteiger partial charge in [-0.05, 0) is 37.0 Å². The first kappa shape index (κ1) is 14.1. The van der Waals surface area contributed by atoms with E-state index in [4.69, 9.17) is 16.3 Å². The number of benzene rings is 1. The van der Waals surface area contributed by atoms with Crippen LogP contribution in [0, 0.1) is 11.3 Å². The molecule has 4 nitrogen and oxygen atoms in total. The molecule has 0 saturated heterocycles. The summed E-state index contributed by atoms with van der Waals surface area (Å²) in [7, 11) is 0. The Morgan fingerprint density at radius 3 is 3.05 bits per heavy atom. The number of halogens is 1. The standard InChI is InChI=1S/C17H20ClN3O/c1-16(2)6-5-13-7-12-3-4-14(18)8-15(12)22-17(13,16)9-21-11-19-10-20-21/h3-4,8,10-11,13H,5-7,9H2,1-2H3. The highest BCUT2D eigenvalue weighted by atomic mass is 35.5. The van der Waals surface area contributed by atoms with Crippen molar-refractivity contribution in [3.8, 4) is 5.75 Å². The summed E-state index contributed by atoms with van der Waals surface area (Å²) in [6, 6.07) is 6.00. The van der Waals surface area contributed by atoms with E-state index in [2.05, 4.69) is 30.0 Å². The van der Waals surface area contributed by atoms with Crippen molar-refractivity contribution in [2.75, 3.05) is 0 Å². The van der Waals surface area contributed by atoms with Gasteiger partial charge in [-0.1, -0.05) is 31.5 Å². The number of nitrogens with zero attached hydrogens (tertiary/aromatic N) is 3. The van der Waals surface area contributed by atoms with Crippen LogP contribution in [0.25, 0.3) is 0 Å². The van der Waals surface area contributed by atoms with E-state index in [1.807, 2.05) is 16.8 Å². The van der Waals surface area contributed by atoms with Crippen LogP contribution in [0.15, 0.2) is 30.9 Å². The first-order chi connectivity index (χ1) is 10.5. The third-order valence-electron chi connectivity index (χ3n) is 5.57. The molecule has 2 heterocycles. The molecule has 1 aromatic heterocycles. The Morgan fingerprint density at radius 2 is 2.27 bits per heavy atom. The number of hydrogen-bond donors (Lipinski definition) is 0. The molecular formula is C17H20ClN3O. The van der Waals surface area contributed by atoms with Crippen LogP contribution in [-0.4, -0.2) is 20.4 Å². The molecule has 1 aliphatic heterocycles. The van der Waals surface area contributed by atoms with Crippen LogP contribution >= 0.6 is 11.6 Å². The van der Waals surface area contributed by atoms with Crippen molar-refractivity contribution in [2.24, 2.45) is 11.3 Å². The van der Waals surface area contributed by atoms with Gasteiger partial charge in [0.2, 0.25) is 0 Å². The minimum Gasteiger partial charge on any atom is -0.484 e. The Bertz CT molecular complexity index is 698. The zero-order valence-corrected chi connectivity index (χ0v) is 13.7. The molecule has 0 bridgehead atoms. The quantitative estimate of drug-likeness (QED) is 0.847. The van der Waals surface area contributed by atoms with Crippen LogP contribution < -0.4 is 4.74 Å². The van der Waals surface area contributed by atoms with Gasteiger partial charge in [-0.25, -0.2) is 9.67 Å². The lowest BCUT2D eigenvalue weighted by Gasteiger charge is -2.48. The van der Waals surface area contributed by atoms with Crippen LogP contribution in [0.3, 0.4) is 0 Å². The molecule has 0 spiro atoms. The fourth-order valence-electron chi connectivity index (χ4n) is 4.20. The lowest BCUT2D eigenvalue weighted by molar-refractivity contribution is -0.0773. The molecule has 2 aliphatic rings. The van der Waals surface area contributed by atoms with Crippen LogP contribution in [0.1, 0.15) is 32.3 Å². The third-order valence-corrected chi connectivity index (χ3v) is 5.81. The lowest BCUT2D eigenvalue weighted by atomic mass is 9.71. The molecular weight excluding hydrogens is 298 g/mol. The molecule has 0 radical (unpaired) electrons. The Balaban J connectivity index is 1.79. The molecule has 0 N–H and O–H groups in total. The molecule has 2 aromatic rings. The highest BCUT2D eigenvalue weighted by Gasteiger charge is 2.59. The average Bonchev–Trinajstić information content (AvgIpc) is 3.05.